The molecule has 1 aliphatic rings. The number of nitrogens with one attached hydrogen (secondary N) is 3. The van der Waals surface area contributed by atoms with Crippen molar-refractivity contribution in [3.8, 4) is 0 Å². The van der Waals surface area contributed by atoms with E-state index in [1.54, 1.807) is 36.4 Å². The molecule has 2 aromatic carbocycles. The minimum atomic E-state index is -0.244. The molecular weight excluding hydrogens is 350 g/mol. The smallest absolute Gasteiger partial charge is 0.253 e. The Kier molecular flexibility index (Phi) is 5.55. The fourth-order valence-corrected chi connectivity index (χ4v) is 2.92. The standard InChI is InChI=1S/C18H17N5O2S/c1-2-10-19-18(25)12-6-3-4-7-13(12)20-11-16(24)21-14-8-5-9-15-17(14)23-26-22-15/h2-9,20H,1,10-11H2,(H,19,25)(H,21,24). The fraction of sp³-hybridized carbons (Fsp3) is 0.111. The monoisotopic (exact) mass is 367 g/mol. The van der Waals surface area contributed by atoms with Gasteiger partial charge >= 0.3 is 0 Å². The van der Waals surface area contributed by atoms with E-state index in [0.29, 0.717) is 29.2 Å². The van der Waals surface area contributed by atoms with Crippen LogP contribution in [0, 0.1) is 0 Å². The van der Waals surface area contributed by atoms with Gasteiger partial charge in [-0.2, -0.15) is 8.73 Å². The number of hydrogen-bond acceptors (Lipinski definition) is 5. The van der Waals surface area contributed by atoms with Crippen LogP contribution in [0.25, 0.3) is 0 Å². The lowest BCUT2D eigenvalue weighted by Gasteiger charge is -2.12. The number of para-hydroxylation sites is 1. The Balaban J connectivity index is 1.64. The first-order valence-corrected chi connectivity index (χ1v) is 8.65. The molecule has 0 radical (unpaired) electrons. The minimum Gasteiger partial charge on any atom is -0.376 e. The molecule has 1 aliphatic heterocycles. The molecule has 3 rings (SSSR count). The van der Waals surface area contributed by atoms with Gasteiger partial charge in [-0.3, -0.25) is 9.59 Å². The molecule has 132 valence electrons. The lowest BCUT2D eigenvalue weighted by molar-refractivity contribution is -0.114. The molecule has 0 fully saturated rings. The summed E-state index contributed by atoms with van der Waals surface area (Å²) in [5.74, 6) is -0.474. The van der Waals surface area contributed by atoms with Crippen LogP contribution in [0.2, 0.25) is 0 Å². The highest BCUT2D eigenvalue weighted by molar-refractivity contribution is 7.58. The molecule has 0 aromatic heterocycles. The molecule has 0 spiro atoms. The van der Waals surface area contributed by atoms with Crippen LogP contribution in [0.1, 0.15) is 10.4 Å². The first-order chi connectivity index (χ1) is 12.7. The molecule has 26 heavy (non-hydrogen) atoms. The molecule has 1 heterocycles. The second kappa shape index (κ2) is 8.21. The largest absolute Gasteiger partial charge is 0.376 e. The summed E-state index contributed by atoms with van der Waals surface area (Å²) >= 11 is 1.10. The van der Waals surface area contributed by atoms with Crippen LogP contribution in [-0.4, -0.2) is 24.9 Å². The van der Waals surface area contributed by atoms with Gasteiger partial charge in [0, 0.05) is 12.2 Å². The third kappa shape index (κ3) is 4.04. The Morgan fingerprint density at radius 2 is 1.88 bits per heavy atom. The van der Waals surface area contributed by atoms with Crippen LogP contribution in [0.3, 0.4) is 0 Å². The molecule has 0 saturated heterocycles. The van der Waals surface area contributed by atoms with E-state index in [4.69, 9.17) is 0 Å². The van der Waals surface area contributed by atoms with Gasteiger partial charge in [0.1, 0.15) is 11.4 Å². The predicted octanol–water partition coefficient (Wildman–Crippen LogP) is 3.38. The molecule has 2 aromatic rings. The number of nitrogens with zero attached hydrogens (tertiary/aromatic N) is 2. The normalized spacial score (nSPS) is 11.2. The third-order valence-electron chi connectivity index (χ3n) is 3.58. The first-order valence-electron chi connectivity index (χ1n) is 7.92. The number of carbonyl (C=O) groups is 2. The van der Waals surface area contributed by atoms with Crippen LogP contribution in [-0.2, 0) is 16.1 Å². The minimum absolute atomic E-state index is 0.0136. The molecule has 0 aliphatic carbocycles. The zero-order valence-corrected chi connectivity index (χ0v) is 14.7. The summed E-state index contributed by atoms with van der Waals surface area (Å²) in [6.07, 6.45) is 1.61. The van der Waals surface area contributed by atoms with E-state index in [-0.39, 0.29) is 18.4 Å². The van der Waals surface area contributed by atoms with Gasteiger partial charge in [-0.1, -0.05) is 24.3 Å². The maximum absolute atomic E-state index is 12.3. The highest BCUT2D eigenvalue weighted by atomic mass is 32.1. The van der Waals surface area contributed by atoms with Gasteiger partial charge in [0.25, 0.3) is 5.91 Å². The summed E-state index contributed by atoms with van der Waals surface area (Å²) in [5.41, 5.74) is 3.06. The lowest BCUT2D eigenvalue weighted by Crippen LogP contribution is -2.26. The molecule has 2 amide bonds. The van der Waals surface area contributed by atoms with Crippen molar-refractivity contribution in [2.75, 3.05) is 23.7 Å². The van der Waals surface area contributed by atoms with E-state index in [0.717, 1.165) is 17.0 Å². The molecule has 0 bridgehead atoms. The summed E-state index contributed by atoms with van der Waals surface area (Å²) in [4.78, 5) is 24.4. The Labute approximate surface area is 154 Å². The van der Waals surface area contributed by atoms with E-state index >= 15 is 0 Å². The first kappa shape index (κ1) is 17.6. The molecular formula is C18H17N5O2S. The number of benzene rings is 2. The Hall–Kier alpha value is -3.26. The molecule has 7 nitrogen and oxygen atoms in total. The Morgan fingerprint density at radius 3 is 2.73 bits per heavy atom. The van der Waals surface area contributed by atoms with Gasteiger partial charge < -0.3 is 16.0 Å². The van der Waals surface area contributed by atoms with Gasteiger partial charge in [-0.15, -0.1) is 6.58 Å². The summed E-state index contributed by atoms with van der Waals surface area (Å²) in [6.45, 7) is 3.96. The van der Waals surface area contributed by atoms with Crippen molar-refractivity contribution < 1.29 is 9.59 Å². The quantitative estimate of drug-likeness (QED) is 0.559. The van der Waals surface area contributed by atoms with Crippen molar-refractivity contribution in [3.05, 3.63) is 60.7 Å². The van der Waals surface area contributed by atoms with Crippen molar-refractivity contribution in [3.63, 3.8) is 0 Å². The number of hydrogen-bond donors (Lipinski definition) is 3. The molecule has 0 saturated carbocycles. The van der Waals surface area contributed by atoms with Crippen LogP contribution < -0.4 is 16.0 Å². The SMILES string of the molecule is C=CCNC(=O)c1ccccc1NCC(=O)Nc1cccc2c1N=S=N2. The van der Waals surface area contributed by atoms with Crippen LogP contribution in [0.4, 0.5) is 22.7 Å². The van der Waals surface area contributed by atoms with Gasteiger partial charge in [0.2, 0.25) is 5.91 Å². The average Bonchev–Trinajstić information content (AvgIpc) is 3.14. The molecule has 3 N–H and O–H groups in total. The second-order valence-corrected chi connectivity index (χ2v) is 5.91. The Morgan fingerprint density at radius 1 is 1.08 bits per heavy atom. The van der Waals surface area contributed by atoms with Crippen LogP contribution in [0.15, 0.2) is 63.8 Å². The van der Waals surface area contributed by atoms with Crippen molar-refractivity contribution in [2.45, 2.75) is 0 Å². The maximum Gasteiger partial charge on any atom is 0.253 e. The van der Waals surface area contributed by atoms with E-state index in [1.807, 2.05) is 12.1 Å². The van der Waals surface area contributed by atoms with Gasteiger partial charge in [-0.25, -0.2) is 0 Å². The maximum atomic E-state index is 12.3. The van der Waals surface area contributed by atoms with E-state index < -0.39 is 0 Å². The Bertz CT molecular complexity index is 935. The van der Waals surface area contributed by atoms with Crippen molar-refractivity contribution in [2.24, 2.45) is 8.73 Å². The van der Waals surface area contributed by atoms with Gasteiger partial charge in [0.05, 0.1) is 29.2 Å². The fourth-order valence-electron chi connectivity index (χ4n) is 2.37. The molecule has 8 heteroatoms. The third-order valence-corrected chi connectivity index (χ3v) is 4.12. The van der Waals surface area contributed by atoms with E-state index in [1.165, 1.54) is 0 Å². The van der Waals surface area contributed by atoms with E-state index in [9.17, 15) is 9.59 Å². The second-order valence-electron chi connectivity index (χ2n) is 5.38. The number of anilines is 2. The van der Waals surface area contributed by atoms with Crippen LogP contribution >= 0.6 is 0 Å². The topological polar surface area (TPSA) is 95.0 Å². The zero-order chi connectivity index (χ0) is 18.4. The lowest BCUT2D eigenvalue weighted by atomic mass is 10.1. The average molecular weight is 367 g/mol. The molecule has 0 atom stereocenters. The summed E-state index contributed by atoms with van der Waals surface area (Å²) < 4.78 is 8.34. The van der Waals surface area contributed by atoms with Crippen molar-refractivity contribution in [1.82, 2.24) is 5.32 Å². The zero-order valence-electron chi connectivity index (χ0n) is 13.9. The number of rotatable bonds is 7. The highest BCUT2D eigenvalue weighted by Gasteiger charge is 2.14. The number of carbonyl (C=O) groups excluding carboxylic acids is 2. The van der Waals surface area contributed by atoms with Gasteiger partial charge in [0.15, 0.2) is 0 Å². The van der Waals surface area contributed by atoms with Gasteiger partial charge in [-0.05, 0) is 24.3 Å². The predicted molar refractivity (Wildman–Crippen MR) is 104 cm³/mol. The summed E-state index contributed by atoms with van der Waals surface area (Å²) in [5, 5.41) is 8.54. The van der Waals surface area contributed by atoms with E-state index in [2.05, 4.69) is 31.3 Å². The van der Waals surface area contributed by atoms with Crippen LogP contribution in [0.5, 0.6) is 0 Å². The molecule has 0 unspecified atom stereocenters. The summed E-state index contributed by atoms with van der Waals surface area (Å²) in [6, 6.07) is 12.4. The van der Waals surface area contributed by atoms with Crippen molar-refractivity contribution >= 4 is 45.9 Å². The number of amides is 2. The van der Waals surface area contributed by atoms with Crippen molar-refractivity contribution in [1.29, 1.82) is 0 Å². The summed E-state index contributed by atoms with van der Waals surface area (Å²) in [7, 11) is 0. The number of fused-ring (bicyclic) bond motifs is 1. The highest BCUT2D eigenvalue weighted by Crippen LogP contribution is 2.38.